The molecule has 1 atom stereocenters. The van der Waals surface area contributed by atoms with E-state index in [9.17, 15) is 26.4 Å². The number of carbonyl (C=O) groups is 1. The fraction of sp³-hybridized carbons (Fsp3) is 0.400. The molecule has 0 spiro atoms. The third-order valence-electron chi connectivity index (χ3n) is 5.88. The van der Waals surface area contributed by atoms with Gasteiger partial charge in [-0.3, -0.25) is 4.79 Å². The van der Waals surface area contributed by atoms with Crippen LogP contribution in [0.1, 0.15) is 29.2 Å². The number of nitrogens with zero attached hydrogens (tertiary/aromatic N) is 1. The van der Waals surface area contributed by atoms with Crippen molar-refractivity contribution >= 4 is 26.8 Å². The van der Waals surface area contributed by atoms with Gasteiger partial charge in [-0.1, -0.05) is 17.7 Å². The summed E-state index contributed by atoms with van der Waals surface area (Å²) in [5.74, 6) is 0.309. The van der Waals surface area contributed by atoms with Gasteiger partial charge in [-0.15, -0.1) is 0 Å². The van der Waals surface area contributed by atoms with Gasteiger partial charge in [0.25, 0.3) is 0 Å². The minimum atomic E-state index is -4.85. The Hall–Kier alpha value is -3.05. The minimum absolute atomic E-state index is 0.152. The molecular weight excluding hydrogens is 495 g/mol. The zero-order valence-electron chi connectivity index (χ0n) is 20.8. The summed E-state index contributed by atoms with van der Waals surface area (Å²) in [6.07, 6.45) is -2.92. The number of methoxy groups -OCH3 is 1. The van der Waals surface area contributed by atoms with Crippen LogP contribution in [0.5, 0.6) is 5.75 Å². The van der Waals surface area contributed by atoms with Gasteiger partial charge >= 0.3 is 6.18 Å². The van der Waals surface area contributed by atoms with Crippen molar-refractivity contribution in [2.24, 2.45) is 0 Å². The van der Waals surface area contributed by atoms with Gasteiger partial charge in [0, 0.05) is 37.1 Å². The molecule has 0 fully saturated rings. The number of hydrogen-bond acceptors (Lipinski definition) is 4. The number of hydrogen-bond donors (Lipinski definition) is 2. The van der Waals surface area contributed by atoms with Gasteiger partial charge in [0.05, 0.1) is 12.0 Å². The molecule has 0 aliphatic carbocycles. The molecule has 7 nitrogen and oxygen atoms in total. The van der Waals surface area contributed by atoms with Crippen molar-refractivity contribution in [3.63, 3.8) is 0 Å². The molecule has 0 aliphatic heterocycles. The topological polar surface area (TPSA) is 89.4 Å². The van der Waals surface area contributed by atoms with Gasteiger partial charge in [-0.25, -0.2) is 8.42 Å². The molecule has 196 valence electrons. The van der Waals surface area contributed by atoms with E-state index in [-0.39, 0.29) is 10.8 Å². The highest BCUT2D eigenvalue weighted by Crippen LogP contribution is 2.30. The highest BCUT2D eigenvalue weighted by Gasteiger charge is 2.43. The molecule has 1 amide bonds. The number of ether oxygens (including phenoxy) is 1. The van der Waals surface area contributed by atoms with E-state index in [1.165, 1.54) is 18.6 Å². The summed E-state index contributed by atoms with van der Waals surface area (Å²) in [6, 6.07) is 5.84. The van der Waals surface area contributed by atoms with Crippen molar-refractivity contribution < 1.29 is 31.1 Å². The molecule has 0 bridgehead atoms. The van der Waals surface area contributed by atoms with Gasteiger partial charge < -0.3 is 14.6 Å². The Morgan fingerprint density at radius 1 is 1.11 bits per heavy atom. The van der Waals surface area contributed by atoms with Gasteiger partial charge in [0.1, 0.15) is 11.8 Å². The lowest BCUT2D eigenvalue weighted by atomic mass is 10.1. The molecule has 0 aliphatic rings. The fourth-order valence-corrected chi connectivity index (χ4v) is 6.11. The summed E-state index contributed by atoms with van der Waals surface area (Å²) < 4.78 is 77.1. The van der Waals surface area contributed by atoms with Crippen LogP contribution in [0.25, 0.3) is 10.9 Å². The van der Waals surface area contributed by atoms with E-state index >= 15 is 0 Å². The summed E-state index contributed by atoms with van der Waals surface area (Å²) in [7, 11) is -2.99. The molecule has 1 unspecified atom stereocenters. The number of aromatic nitrogens is 1. The number of nitrogens with one attached hydrogen (secondary N) is 2. The van der Waals surface area contributed by atoms with E-state index in [4.69, 9.17) is 4.74 Å². The predicted molar refractivity (Wildman–Crippen MR) is 132 cm³/mol. The first-order chi connectivity index (χ1) is 16.7. The summed E-state index contributed by atoms with van der Waals surface area (Å²) in [6.45, 7) is 5.92. The highest BCUT2D eigenvalue weighted by molar-refractivity contribution is 7.89. The molecule has 1 heterocycles. The van der Waals surface area contributed by atoms with E-state index < -0.39 is 28.8 Å². The predicted octanol–water partition coefficient (Wildman–Crippen LogP) is 4.16. The summed E-state index contributed by atoms with van der Waals surface area (Å²) in [5, 5.41) is 3.34. The van der Waals surface area contributed by atoms with Gasteiger partial charge in [0.2, 0.25) is 15.9 Å². The average Bonchev–Trinajstić information content (AvgIpc) is 3.07. The number of amides is 1. The number of aryl methyl sites for hydroxylation is 3. The first-order valence-electron chi connectivity index (χ1n) is 11.3. The van der Waals surface area contributed by atoms with E-state index in [2.05, 4.69) is 5.32 Å². The molecule has 2 N–H and O–H groups in total. The van der Waals surface area contributed by atoms with Crippen LogP contribution < -0.4 is 14.8 Å². The number of sulfonamides is 1. The van der Waals surface area contributed by atoms with E-state index in [0.29, 0.717) is 46.3 Å². The third kappa shape index (κ3) is 6.19. The maximum absolute atomic E-state index is 14.1. The first kappa shape index (κ1) is 27.5. The van der Waals surface area contributed by atoms with Crippen LogP contribution in [0.3, 0.4) is 0 Å². The van der Waals surface area contributed by atoms with Crippen molar-refractivity contribution in [3.05, 3.63) is 58.8 Å². The van der Waals surface area contributed by atoms with Crippen LogP contribution in [-0.2, 0) is 27.8 Å². The van der Waals surface area contributed by atoms with Crippen molar-refractivity contribution in [2.75, 3.05) is 13.7 Å². The molecule has 2 aromatic carbocycles. The van der Waals surface area contributed by atoms with Crippen LogP contribution >= 0.6 is 0 Å². The molecule has 1 aromatic heterocycles. The molecule has 3 rings (SSSR count). The number of benzene rings is 2. The molecule has 0 radical (unpaired) electrons. The second-order valence-corrected chi connectivity index (χ2v) is 10.5. The normalized spacial score (nSPS) is 13.1. The maximum Gasteiger partial charge on any atom is 0.406 e. The largest absolute Gasteiger partial charge is 0.497 e. The van der Waals surface area contributed by atoms with Gasteiger partial charge in [-0.2, -0.15) is 17.9 Å². The number of rotatable bonds is 9. The quantitative estimate of drug-likeness (QED) is 0.439. The molecular formula is C25H30F3N3O4S. The van der Waals surface area contributed by atoms with Crippen LogP contribution in [0, 0.1) is 20.8 Å². The van der Waals surface area contributed by atoms with Crippen LogP contribution in [-0.4, -0.2) is 44.8 Å². The smallest absolute Gasteiger partial charge is 0.406 e. The lowest BCUT2D eigenvalue weighted by Gasteiger charge is -2.24. The Labute approximate surface area is 208 Å². The SMILES string of the molecule is COc1ccc2c(c1)c(CCNC(C)=O)cn2CC(NS(=O)(=O)c1c(C)cc(C)cc1C)C(F)(F)F. The van der Waals surface area contributed by atoms with Crippen molar-refractivity contribution in [1.82, 2.24) is 14.6 Å². The van der Waals surface area contributed by atoms with Gasteiger partial charge in [0.15, 0.2) is 0 Å². The Morgan fingerprint density at radius 2 is 1.75 bits per heavy atom. The average molecular weight is 526 g/mol. The standard InChI is InChI=1S/C25H30F3N3O4S/c1-15-10-16(2)24(17(3)11-15)36(33,34)30-23(25(26,27)28)14-31-13-19(8-9-29-18(4)32)21-12-20(35-5)6-7-22(21)31/h6-7,10-13,23,30H,8-9,14H2,1-5H3,(H,29,32). The van der Waals surface area contributed by atoms with Crippen LogP contribution in [0.2, 0.25) is 0 Å². The molecule has 0 saturated heterocycles. The fourth-order valence-electron chi connectivity index (χ4n) is 4.44. The molecule has 0 saturated carbocycles. The van der Waals surface area contributed by atoms with E-state index in [1.807, 2.05) is 4.72 Å². The molecule has 11 heteroatoms. The Kier molecular flexibility index (Phi) is 8.04. The van der Waals surface area contributed by atoms with Crippen LogP contribution in [0.4, 0.5) is 13.2 Å². The first-order valence-corrected chi connectivity index (χ1v) is 12.8. The Bertz CT molecular complexity index is 1360. The second-order valence-electron chi connectivity index (χ2n) is 8.87. The van der Waals surface area contributed by atoms with Gasteiger partial charge in [-0.05, 0) is 62.1 Å². The zero-order valence-corrected chi connectivity index (χ0v) is 21.6. The lowest BCUT2D eigenvalue weighted by Crippen LogP contribution is -2.48. The molecule has 36 heavy (non-hydrogen) atoms. The maximum atomic E-state index is 14.1. The van der Waals surface area contributed by atoms with E-state index in [1.54, 1.807) is 57.3 Å². The Morgan fingerprint density at radius 3 is 2.31 bits per heavy atom. The number of halogens is 3. The zero-order chi connectivity index (χ0) is 26.8. The number of alkyl halides is 3. The summed E-state index contributed by atoms with van der Waals surface area (Å²) in [5.41, 5.74) is 2.76. The summed E-state index contributed by atoms with van der Waals surface area (Å²) >= 11 is 0. The lowest BCUT2D eigenvalue weighted by molar-refractivity contribution is -0.154. The third-order valence-corrected chi connectivity index (χ3v) is 7.66. The van der Waals surface area contributed by atoms with Crippen molar-refractivity contribution in [2.45, 2.75) is 57.8 Å². The van der Waals surface area contributed by atoms with Crippen molar-refractivity contribution in [3.8, 4) is 5.75 Å². The van der Waals surface area contributed by atoms with Crippen LogP contribution in [0.15, 0.2) is 41.4 Å². The number of carbonyl (C=O) groups excluding carboxylic acids is 1. The summed E-state index contributed by atoms with van der Waals surface area (Å²) in [4.78, 5) is 11.1. The molecule has 3 aromatic rings. The Balaban J connectivity index is 2.01. The number of fused-ring (bicyclic) bond motifs is 1. The monoisotopic (exact) mass is 525 g/mol. The second kappa shape index (κ2) is 10.5. The highest BCUT2D eigenvalue weighted by atomic mass is 32.2. The minimum Gasteiger partial charge on any atom is -0.497 e. The van der Waals surface area contributed by atoms with E-state index in [0.717, 1.165) is 5.56 Å². The van der Waals surface area contributed by atoms with Crippen molar-refractivity contribution in [1.29, 1.82) is 0 Å².